The Balaban J connectivity index is 3.33. The second-order valence-corrected chi connectivity index (χ2v) is 5.22. The Hall–Kier alpha value is -1.47. The van der Waals surface area contributed by atoms with Gasteiger partial charge in [-0.2, -0.15) is 26.3 Å². The Labute approximate surface area is 123 Å². The third-order valence-electron chi connectivity index (χ3n) is 3.16. The summed E-state index contributed by atoms with van der Waals surface area (Å²) in [4.78, 5) is 0. The minimum atomic E-state index is -4.85. The maximum Gasteiger partial charge on any atom is 0.416 e. The van der Waals surface area contributed by atoms with Gasteiger partial charge in [0.1, 0.15) is 11.9 Å². The van der Waals surface area contributed by atoms with Crippen LogP contribution in [0, 0.1) is 5.82 Å². The van der Waals surface area contributed by atoms with Crippen LogP contribution in [0.4, 0.5) is 36.4 Å². The SMILES string of the molecule is CCC(Nc1cc(F)c(C(C)C)c(C(F)(F)F)c1)C(F)(F)F. The van der Waals surface area contributed by atoms with Gasteiger partial charge in [0.15, 0.2) is 0 Å². The molecule has 1 atom stereocenters. The van der Waals surface area contributed by atoms with Crippen molar-refractivity contribution >= 4 is 5.69 Å². The Morgan fingerprint density at radius 3 is 1.95 bits per heavy atom. The van der Waals surface area contributed by atoms with E-state index in [-0.39, 0.29) is 0 Å². The zero-order chi connectivity index (χ0) is 17.3. The van der Waals surface area contributed by atoms with Crippen molar-refractivity contribution < 1.29 is 30.7 Å². The fourth-order valence-corrected chi connectivity index (χ4v) is 2.14. The molecule has 0 aliphatic heterocycles. The van der Waals surface area contributed by atoms with E-state index in [0.29, 0.717) is 12.1 Å². The number of rotatable bonds is 4. The maximum absolute atomic E-state index is 13.9. The van der Waals surface area contributed by atoms with Gasteiger partial charge in [-0.3, -0.25) is 0 Å². The van der Waals surface area contributed by atoms with Crippen molar-refractivity contribution in [1.29, 1.82) is 0 Å². The van der Waals surface area contributed by atoms with Crippen LogP contribution in [-0.2, 0) is 6.18 Å². The van der Waals surface area contributed by atoms with Gasteiger partial charge in [-0.05, 0) is 24.5 Å². The second kappa shape index (κ2) is 6.34. The van der Waals surface area contributed by atoms with E-state index in [0.717, 1.165) is 0 Å². The van der Waals surface area contributed by atoms with E-state index in [1.165, 1.54) is 20.8 Å². The number of hydrogen-bond acceptors (Lipinski definition) is 1. The molecule has 0 saturated heterocycles. The van der Waals surface area contributed by atoms with E-state index in [1.54, 1.807) is 0 Å². The molecule has 126 valence electrons. The second-order valence-electron chi connectivity index (χ2n) is 5.22. The van der Waals surface area contributed by atoms with E-state index in [4.69, 9.17) is 0 Å². The molecule has 0 spiro atoms. The molecule has 0 bridgehead atoms. The molecule has 1 rings (SSSR count). The summed E-state index contributed by atoms with van der Waals surface area (Å²) in [7, 11) is 0. The van der Waals surface area contributed by atoms with Crippen LogP contribution in [-0.4, -0.2) is 12.2 Å². The highest BCUT2D eigenvalue weighted by atomic mass is 19.4. The topological polar surface area (TPSA) is 12.0 Å². The fourth-order valence-electron chi connectivity index (χ4n) is 2.14. The summed E-state index contributed by atoms with van der Waals surface area (Å²) in [6.45, 7) is 3.99. The van der Waals surface area contributed by atoms with Gasteiger partial charge in [-0.1, -0.05) is 20.8 Å². The maximum atomic E-state index is 13.9. The predicted octanol–water partition coefficient (Wildman–Crippen LogP) is 5.72. The number of hydrogen-bond donors (Lipinski definition) is 1. The van der Waals surface area contributed by atoms with Crippen LogP contribution in [0.1, 0.15) is 44.2 Å². The van der Waals surface area contributed by atoms with Crippen LogP contribution in [0.15, 0.2) is 12.1 Å². The summed E-state index contributed by atoms with van der Waals surface area (Å²) in [5, 5.41) is 1.92. The molecule has 0 aromatic heterocycles. The number of alkyl halides is 6. The Morgan fingerprint density at radius 2 is 1.59 bits per heavy atom. The molecule has 0 fully saturated rings. The number of halogens is 7. The molecular formula is C14H16F7N. The van der Waals surface area contributed by atoms with E-state index >= 15 is 0 Å². The average molecular weight is 331 g/mol. The lowest BCUT2D eigenvalue weighted by atomic mass is 9.95. The van der Waals surface area contributed by atoms with Crippen LogP contribution in [0.5, 0.6) is 0 Å². The molecule has 0 aliphatic carbocycles. The number of nitrogens with one attached hydrogen (secondary N) is 1. The van der Waals surface area contributed by atoms with Crippen molar-refractivity contribution in [2.24, 2.45) is 0 Å². The zero-order valence-electron chi connectivity index (χ0n) is 12.2. The molecule has 1 unspecified atom stereocenters. The van der Waals surface area contributed by atoms with Crippen molar-refractivity contribution in [3.05, 3.63) is 29.1 Å². The van der Waals surface area contributed by atoms with E-state index in [9.17, 15) is 30.7 Å². The average Bonchev–Trinajstić information content (AvgIpc) is 2.32. The van der Waals surface area contributed by atoms with Crippen LogP contribution in [0.2, 0.25) is 0 Å². The molecular weight excluding hydrogens is 315 g/mol. The largest absolute Gasteiger partial charge is 0.416 e. The predicted molar refractivity (Wildman–Crippen MR) is 69.2 cm³/mol. The third-order valence-corrected chi connectivity index (χ3v) is 3.16. The van der Waals surface area contributed by atoms with Crippen molar-refractivity contribution in [2.75, 3.05) is 5.32 Å². The first-order chi connectivity index (χ1) is 9.87. The lowest BCUT2D eigenvalue weighted by molar-refractivity contribution is -0.142. The highest BCUT2D eigenvalue weighted by Gasteiger charge is 2.40. The van der Waals surface area contributed by atoms with Crippen LogP contribution in [0.25, 0.3) is 0 Å². The van der Waals surface area contributed by atoms with Gasteiger partial charge in [0.2, 0.25) is 0 Å². The summed E-state index contributed by atoms with van der Waals surface area (Å²) in [6, 6.07) is -0.857. The van der Waals surface area contributed by atoms with Gasteiger partial charge in [0, 0.05) is 11.3 Å². The van der Waals surface area contributed by atoms with Crippen molar-refractivity contribution in [2.45, 2.75) is 51.5 Å². The smallest absolute Gasteiger partial charge is 0.374 e. The highest BCUT2D eigenvalue weighted by Crippen LogP contribution is 2.39. The fraction of sp³-hybridized carbons (Fsp3) is 0.571. The monoisotopic (exact) mass is 331 g/mol. The van der Waals surface area contributed by atoms with E-state index < -0.39 is 53.4 Å². The molecule has 1 N–H and O–H groups in total. The normalized spacial score (nSPS) is 14.3. The molecule has 22 heavy (non-hydrogen) atoms. The zero-order valence-corrected chi connectivity index (χ0v) is 12.2. The Kier molecular flexibility index (Phi) is 5.35. The highest BCUT2D eigenvalue weighted by molar-refractivity contribution is 5.52. The van der Waals surface area contributed by atoms with Crippen molar-refractivity contribution in [3.63, 3.8) is 0 Å². The first kappa shape index (κ1) is 18.6. The summed E-state index contributed by atoms with van der Waals surface area (Å²) in [5.74, 6) is -1.93. The number of anilines is 1. The minimum Gasteiger partial charge on any atom is -0.374 e. The van der Waals surface area contributed by atoms with Gasteiger partial charge in [-0.15, -0.1) is 0 Å². The third kappa shape index (κ3) is 4.27. The molecule has 0 amide bonds. The quantitative estimate of drug-likeness (QED) is 0.696. The van der Waals surface area contributed by atoms with E-state index in [2.05, 4.69) is 0 Å². The van der Waals surface area contributed by atoms with Gasteiger partial charge < -0.3 is 5.32 Å². The Morgan fingerprint density at radius 1 is 1.05 bits per heavy atom. The summed E-state index contributed by atoms with van der Waals surface area (Å²) >= 11 is 0. The van der Waals surface area contributed by atoms with Gasteiger partial charge in [-0.25, -0.2) is 4.39 Å². The first-order valence-electron chi connectivity index (χ1n) is 6.61. The molecule has 1 nitrogen and oxygen atoms in total. The molecule has 0 saturated carbocycles. The summed E-state index contributed by atoms with van der Waals surface area (Å²) < 4.78 is 90.9. The molecule has 1 aromatic carbocycles. The lowest BCUT2D eigenvalue weighted by Crippen LogP contribution is -2.35. The lowest BCUT2D eigenvalue weighted by Gasteiger charge is -2.23. The molecule has 1 aromatic rings. The van der Waals surface area contributed by atoms with Crippen molar-refractivity contribution in [3.8, 4) is 0 Å². The molecule has 0 aliphatic rings. The molecule has 0 radical (unpaired) electrons. The van der Waals surface area contributed by atoms with E-state index in [1.807, 2.05) is 5.32 Å². The molecule has 8 heteroatoms. The van der Waals surface area contributed by atoms with Gasteiger partial charge >= 0.3 is 12.4 Å². The van der Waals surface area contributed by atoms with Gasteiger partial charge in [0.25, 0.3) is 0 Å². The van der Waals surface area contributed by atoms with Crippen LogP contribution in [0.3, 0.4) is 0 Å². The van der Waals surface area contributed by atoms with Crippen LogP contribution >= 0.6 is 0 Å². The molecule has 0 heterocycles. The van der Waals surface area contributed by atoms with Gasteiger partial charge in [0.05, 0.1) is 5.56 Å². The van der Waals surface area contributed by atoms with Crippen molar-refractivity contribution in [1.82, 2.24) is 0 Å². The summed E-state index contributed by atoms with van der Waals surface area (Å²) in [5.41, 5.74) is -2.36. The summed E-state index contributed by atoms with van der Waals surface area (Å²) in [6.07, 6.45) is -9.88. The standard InChI is InChI=1S/C14H16F7N/c1-4-11(14(19,20)21)22-8-5-9(13(16,17)18)12(7(2)3)10(15)6-8/h5-7,11,22H,4H2,1-3H3. The Bertz CT molecular complexity index is 517. The number of benzene rings is 1. The first-order valence-corrected chi connectivity index (χ1v) is 6.61. The minimum absolute atomic E-state index is 0.390. The van der Waals surface area contributed by atoms with Crippen LogP contribution < -0.4 is 5.32 Å².